The summed E-state index contributed by atoms with van der Waals surface area (Å²) in [4.78, 5) is 0. The molecule has 0 saturated carbocycles. The van der Waals surface area contributed by atoms with E-state index in [4.69, 9.17) is 0 Å². The third-order valence-corrected chi connectivity index (χ3v) is 3.52. The fourth-order valence-corrected chi connectivity index (χ4v) is 2.44. The van der Waals surface area contributed by atoms with Gasteiger partial charge in [-0.1, -0.05) is 37.5 Å². The molecule has 0 bridgehead atoms. The summed E-state index contributed by atoms with van der Waals surface area (Å²) in [5.41, 5.74) is 3.21. The molecule has 1 aliphatic carbocycles. The highest BCUT2D eigenvalue weighted by atomic mass is 14.8. The molecule has 0 aromatic rings. The zero-order valence-electron chi connectivity index (χ0n) is 11.2. The maximum absolute atomic E-state index is 3.33. The van der Waals surface area contributed by atoms with Gasteiger partial charge in [-0.3, -0.25) is 0 Å². The molecule has 0 heterocycles. The summed E-state index contributed by atoms with van der Waals surface area (Å²) < 4.78 is 0. The van der Waals surface area contributed by atoms with E-state index in [-0.39, 0.29) is 0 Å². The molecule has 1 nitrogen and oxygen atoms in total. The highest BCUT2D eigenvalue weighted by Gasteiger charge is 2.12. The Morgan fingerprint density at radius 3 is 2.88 bits per heavy atom. The van der Waals surface area contributed by atoms with Crippen LogP contribution < -0.4 is 5.32 Å². The van der Waals surface area contributed by atoms with Gasteiger partial charge < -0.3 is 5.32 Å². The van der Waals surface area contributed by atoms with Crippen LogP contribution in [0.3, 0.4) is 0 Å². The smallest absolute Gasteiger partial charge is 0.00203 e. The first-order valence-electron chi connectivity index (χ1n) is 6.77. The zero-order chi connectivity index (χ0) is 11.8. The predicted molar refractivity (Wildman–Crippen MR) is 72.6 cm³/mol. The predicted octanol–water partition coefficient (Wildman–Crippen LogP) is 4.07. The Hall–Kier alpha value is -0.560. The lowest BCUT2D eigenvalue weighted by Crippen LogP contribution is -2.19. The molecular weight excluding hydrogens is 194 g/mol. The van der Waals surface area contributed by atoms with Gasteiger partial charge in [-0.15, -0.1) is 0 Å². The summed E-state index contributed by atoms with van der Waals surface area (Å²) in [7, 11) is 2.07. The number of nitrogens with one attached hydrogen (secondary N) is 1. The van der Waals surface area contributed by atoms with Gasteiger partial charge in [0.15, 0.2) is 0 Å². The van der Waals surface area contributed by atoms with Crippen LogP contribution in [0.5, 0.6) is 0 Å². The summed E-state index contributed by atoms with van der Waals surface area (Å²) in [5.74, 6) is 0.817. The number of unbranched alkanes of at least 4 members (excludes halogenated alkanes) is 1. The van der Waals surface area contributed by atoms with Crippen molar-refractivity contribution in [1.29, 1.82) is 0 Å². The van der Waals surface area contributed by atoms with E-state index in [2.05, 4.69) is 38.4 Å². The van der Waals surface area contributed by atoms with E-state index in [9.17, 15) is 0 Å². The van der Waals surface area contributed by atoms with Crippen LogP contribution in [0.15, 0.2) is 23.3 Å². The normalized spacial score (nSPS) is 17.9. The lowest BCUT2D eigenvalue weighted by molar-refractivity contribution is 0.443. The second kappa shape index (κ2) is 7.67. The highest BCUT2D eigenvalue weighted by molar-refractivity contribution is 5.28. The van der Waals surface area contributed by atoms with E-state index in [0.29, 0.717) is 0 Å². The molecule has 0 amide bonds. The molecule has 0 aromatic heterocycles. The number of hydrogen-bond donors (Lipinski definition) is 1. The molecule has 0 spiro atoms. The number of hydrogen-bond acceptors (Lipinski definition) is 1. The Morgan fingerprint density at radius 1 is 1.44 bits per heavy atom. The van der Waals surface area contributed by atoms with Crippen molar-refractivity contribution in [3.8, 4) is 0 Å². The van der Waals surface area contributed by atoms with Crippen molar-refractivity contribution in [3.63, 3.8) is 0 Å². The third kappa shape index (κ3) is 4.52. The lowest BCUT2D eigenvalue weighted by atomic mass is 9.88. The van der Waals surface area contributed by atoms with Crippen LogP contribution in [0, 0.1) is 5.92 Å². The largest absolute Gasteiger partial charge is 0.319 e. The molecule has 1 rings (SSSR count). The molecule has 92 valence electrons. The molecule has 0 aliphatic heterocycles. The van der Waals surface area contributed by atoms with Crippen LogP contribution in [-0.4, -0.2) is 13.6 Å². The molecule has 0 fully saturated rings. The van der Waals surface area contributed by atoms with Gasteiger partial charge in [0.2, 0.25) is 0 Å². The van der Waals surface area contributed by atoms with Gasteiger partial charge in [0.25, 0.3) is 0 Å². The van der Waals surface area contributed by atoms with Crippen LogP contribution in [-0.2, 0) is 0 Å². The first-order valence-corrected chi connectivity index (χ1v) is 6.77. The standard InChI is InChI=1S/C15H27N/c1-4-5-9-14(12-16-3)11-15-10-7-6-8-13(15)2/h7,10,14,16H,4-6,8-9,11-12H2,1-3H3. The fourth-order valence-electron chi connectivity index (χ4n) is 2.44. The van der Waals surface area contributed by atoms with Gasteiger partial charge in [0.05, 0.1) is 0 Å². The Labute approximate surface area is 101 Å². The molecule has 0 aromatic carbocycles. The van der Waals surface area contributed by atoms with Crippen molar-refractivity contribution in [2.24, 2.45) is 5.92 Å². The molecule has 1 unspecified atom stereocenters. The van der Waals surface area contributed by atoms with E-state index in [1.165, 1.54) is 38.5 Å². The fraction of sp³-hybridized carbons (Fsp3) is 0.733. The average Bonchev–Trinajstić information content (AvgIpc) is 2.29. The van der Waals surface area contributed by atoms with Gasteiger partial charge in [0.1, 0.15) is 0 Å². The lowest BCUT2D eigenvalue weighted by Gasteiger charge is -2.20. The van der Waals surface area contributed by atoms with Crippen molar-refractivity contribution in [3.05, 3.63) is 23.3 Å². The van der Waals surface area contributed by atoms with Crippen molar-refractivity contribution in [1.82, 2.24) is 5.32 Å². The van der Waals surface area contributed by atoms with Crippen molar-refractivity contribution < 1.29 is 0 Å². The minimum Gasteiger partial charge on any atom is -0.319 e. The van der Waals surface area contributed by atoms with Crippen molar-refractivity contribution in [2.45, 2.75) is 52.4 Å². The summed E-state index contributed by atoms with van der Waals surface area (Å²) in [5, 5.41) is 3.33. The van der Waals surface area contributed by atoms with E-state index in [0.717, 1.165) is 12.5 Å². The molecule has 1 aliphatic rings. The zero-order valence-corrected chi connectivity index (χ0v) is 11.2. The Morgan fingerprint density at radius 2 is 2.25 bits per heavy atom. The van der Waals surface area contributed by atoms with Crippen molar-refractivity contribution in [2.75, 3.05) is 13.6 Å². The van der Waals surface area contributed by atoms with Crippen molar-refractivity contribution >= 4 is 0 Å². The summed E-state index contributed by atoms with van der Waals surface area (Å²) >= 11 is 0. The average molecular weight is 221 g/mol. The van der Waals surface area contributed by atoms with E-state index < -0.39 is 0 Å². The summed E-state index contributed by atoms with van der Waals surface area (Å²) in [6.45, 7) is 5.74. The maximum atomic E-state index is 3.33. The summed E-state index contributed by atoms with van der Waals surface area (Å²) in [6, 6.07) is 0. The minimum atomic E-state index is 0.817. The molecule has 1 atom stereocenters. The van der Waals surface area contributed by atoms with Crippen LogP contribution in [0.25, 0.3) is 0 Å². The highest BCUT2D eigenvalue weighted by Crippen LogP contribution is 2.26. The molecule has 1 N–H and O–H groups in total. The number of allylic oxidation sites excluding steroid dienone is 4. The Bertz CT molecular complexity index is 250. The quantitative estimate of drug-likeness (QED) is 0.683. The maximum Gasteiger partial charge on any atom is -0.00203 e. The van der Waals surface area contributed by atoms with Gasteiger partial charge in [0, 0.05) is 0 Å². The molecule has 16 heavy (non-hydrogen) atoms. The summed E-state index contributed by atoms with van der Waals surface area (Å²) in [6.07, 6.45) is 12.5. The van der Waals surface area contributed by atoms with Gasteiger partial charge in [-0.05, 0) is 57.7 Å². The van der Waals surface area contributed by atoms with E-state index in [1.807, 2.05) is 0 Å². The monoisotopic (exact) mass is 221 g/mol. The SMILES string of the molecule is CCCCC(CNC)CC1=C(C)CCC=C1. The molecule has 0 radical (unpaired) electrons. The van der Waals surface area contributed by atoms with Gasteiger partial charge in [-0.25, -0.2) is 0 Å². The Balaban J connectivity index is 2.49. The van der Waals surface area contributed by atoms with Crippen LogP contribution in [0.1, 0.15) is 52.4 Å². The van der Waals surface area contributed by atoms with E-state index in [1.54, 1.807) is 11.1 Å². The first-order chi connectivity index (χ1) is 7.77. The minimum absolute atomic E-state index is 0.817. The first kappa shape index (κ1) is 13.5. The molecule has 0 saturated heterocycles. The van der Waals surface area contributed by atoms with Crippen LogP contribution >= 0.6 is 0 Å². The Kier molecular flexibility index (Phi) is 6.47. The van der Waals surface area contributed by atoms with Crippen LogP contribution in [0.2, 0.25) is 0 Å². The third-order valence-electron chi connectivity index (χ3n) is 3.52. The van der Waals surface area contributed by atoms with Crippen LogP contribution in [0.4, 0.5) is 0 Å². The molecular formula is C15H27N. The molecule has 1 heteroatoms. The van der Waals surface area contributed by atoms with Gasteiger partial charge >= 0.3 is 0 Å². The van der Waals surface area contributed by atoms with Gasteiger partial charge in [-0.2, -0.15) is 0 Å². The van der Waals surface area contributed by atoms with E-state index >= 15 is 0 Å². The topological polar surface area (TPSA) is 12.0 Å². The number of rotatable bonds is 7. The second-order valence-corrected chi connectivity index (χ2v) is 5.02. The second-order valence-electron chi connectivity index (χ2n) is 5.02.